The number of hydrogen-bond donors (Lipinski definition) is 4. The van der Waals surface area contributed by atoms with E-state index in [1.807, 2.05) is 27.7 Å². The van der Waals surface area contributed by atoms with Crippen LogP contribution in [0.1, 0.15) is 73.6 Å². The van der Waals surface area contributed by atoms with Crippen molar-refractivity contribution in [3.05, 3.63) is 11.8 Å². The van der Waals surface area contributed by atoms with Crippen molar-refractivity contribution < 1.29 is 38.8 Å². The average molecular weight is 519 g/mol. The second-order valence-electron chi connectivity index (χ2n) is 9.51. The lowest BCUT2D eigenvalue weighted by Gasteiger charge is -2.40. The zero-order valence-corrected chi connectivity index (χ0v) is 22.6. The van der Waals surface area contributed by atoms with Gasteiger partial charge in [-0.2, -0.15) is 0 Å². The molecule has 11 heteroatoms. The molecule has 35 heavy (non-hydrogen) atoms. The normalized spacial score (nSPS) is 20.6. The molecule has 0 saturated heterocycles. The molecular formula is C24H42N2O8S. The third-order valence-electron chi connectivity index (χ3n) is 5.96. The van der Waals surface area contributed by atoms with Crippen molar-refractivity contribution in [2.24, 2.45) is 0 Å². The highest BCUT2D eigenvalue weighted by molar-refractivity contribution is 7.81. The van der Waals surface area contributed by atoms with Gasteiger partial charge in [0.2, 0.25) is 11.7 Å². The number of rotatable bonds is 14. The Morgan fingerprint density at radius 1 is 1.29 bits per heavy atom. The summed E-state index contributed by atoms with van der Waals surface area (Å²) in [5, 5.41) is 21.7. The maximum Gasteiger partial charge on any atom is 0.410 e. The van der Waals surface area contributed by atoms with Gasteiger partial charge in [-0.25, -0.2) is 9.59 Å². The third-order valence-corrected chi connectivity index (χ3v) is 6.31. The molecule has 1 aliphatic rings. The summed E-state index contributed by atoms with van der Waals surface area (Å²) in [4.78, 5) is 37.4. The SMILES string of the molecule is CCCC(C)(S)OCCC(C)(C)N(CC)C(=O)O[C@H](CCO)[C@@H]1OC(C(=O)O)=CC[C@H]1NC(C)=O. The molecule has 0 bridgehead atoms. The van der Waals surface area contributed by atoms with Crippen LogP contribution in [0.4, 0.5) is 4.79 Å². The lowest BCUT2D eigenvalue weighted by molar-refractivity contribution is -0.141. The van der Waals surface area contributed by atoms with Gasteiger partial charge in [-0.15, -0.1) is 12.6 Å². The third kappa shape index (κ3) is 9.89. The Kier molecular flexibility index (Phi) is 12.4. The number of thiol groups is 1. The molecule has 0 aromatic heterocycles. The summed E-state index contributed by atoms with van der Waals surface area (Å²) >= 11 is 4.55. The van der Waals surface area contributed by atoms with Gasteiger partial charge in [0.05, 0.1) is 12.6 Å². The number of aliphatic carboxylic acids is 1. The molecule has 4 atom stereocenters. The second kappa shape index (κ2) is 13.9. The van der Waals surface area contributed by atoms with Crippen LogP contribution in [0.25, 0.3) is 0 Å². The number of amides is 2. The Hall–Kier alpha value is -1.98. The minimum atomic E-state index is -1.26. The predicted octanol–water partition coefficient (Wildman–Crippen LogP) is 3.09. The fourth-order valence-corrected chi connectivity index (χ4v) is 4.44. The lowest BCUT2D eigenvalue weighted by atomic mass is 9.96. The highest BCUT2D eigenvalue weighted by atomic mass is 32.1. The number of aliphatic hydroxyl groups excluding tert-OH is 1. The first-order valence-corrected chi connectivity index (χ1v) is 12.5. The molecule has 0 saturated carbocycles. The number of carbonyl (C=O) groups excluding carboxylic acids is 2. The van der Waals surface area contributed by atoms with Crippen LogP contribution < -0.4 is 5.32 Å². The van der Waals surface area contributed by atoms with Gasteiger partial charge in [-0.3, -0.25) is 4.79 Å². The molecule has 0 aromatic rings. The van der Waals surface area contributed by atoms with E-state index in [-0.39, 0.29) is 31.1 Å². The monoisotopic (exact) mass is 518 g/mol. The van der Waals surface area contributed by atoms with Crippen LogP contribution in [0.5, 0.6) is 0 Å². The second-order valence-corrected chi connectivity index (χ2v) is 10.5. The smallest absolute Gasteiger partial charge is 0.410 e. The van der Waals surface area contributed by atoms with Gasteiger partial charge < -0.3 is 34.6 Å². The molecule has 1 heterocycles. The molecular weight excluding hydrogens is 476 g/mol. The zero-order valence-electron chi connectivity index (χ0n) is 21.7. The number of ether oxygens (including phenoxy) is 3. The van der Waals surface area contributed by atoms with Gasteiger partial charge >= 0.3 is 12.1 Å². The van der Waals surface area contributed by atoms with E-state index in [0.717, 1.165) is 12.8 Å². The summed E-state index contributed by atoms with van der Waals surface area (Å²) in [6.45, 7) is 11.4. The molecule has 0 fully saturated rings. The Morgan fingerprint density at radius 2 is 1.94 bits per heavy atom. The average Bonchev–Trinajstić information content (AvgIpc) is 2.73. The molecule has 0 aromatic carbocycles. The number of carboxylic acid groups (broad SMARTS) is 1. The van der Waals surface area contributed by atoms with Crippen LogP contribution in [0, 0.1) is 0 Å². The molecule has 2 amide bonds. The fourth-order valence-electron chi connectivity index (χ4n) is 4.13. The van der Waals surface area contributed by atoms with Crippen molar-refractivity contribution >= 4 is 30.6 Å². The molecule has 1 rings (SSSR count). The summed E-state index contributed by atoms with van der Waals surface area (Å²) < 4.78 is 17.3. The van der Waals surface area contributed by atoms with Crippen molar-refractivity contribution in [2.75, 3.05) is 19.8 Å². The van der Waals surface area contributed by atoms with Crippen LogP contribution in [0.15, 0.2) is 11.8 Å². The molecule has 10 nitrogen and oxygen atoms in total. The Balaban J connectivity index is 3.01. The van der Waals surface area contributed by atoms with Gasteiger partial charge in [-0.1, -0.05) is 13.3 Å². The lowest BCUT2D eigenvalue weighted by Crippen LogP contribution is -2.55. The van der Waals surface area contributed by atoms with Gasteiger partial charge in [0.15, 0.2) is 6.10 Å². The Bertz CT molecular complexity index is 756. The Labute approximate surface area is 213 Å². The van der Waals surface area contributed by atoms with Crippen LogP contribution in [-0.4, -0.2) is 81.6 Å². The Morgan fingerprint density at radius 3 is 2.46 bits per heavy atom. The predicted molar refractivity (Wildman–Crippen MR) is 134 cm³/mol. The number of carbonyl (C=O) groups is 3. The molecule has 1 unspecified atom stereocenters. The fraction of sp³-hybridized carbons (Fsp3) is 0.792. The van der Waals surface area contributed by atoms with Crippen molar-refractivity contribution in [2.45, 2.75) is 102 Å². The highest BCUT2D eigenvalue weighted by Crippen LogP contribution is 2.28. The van der Waals surface area contributed by atoms with E-state index in [0.29, 0.717) is 19.6 Å². The zero-order chi connectivity index (χ0) is 26.8. The topological polar surface area (TPSA) is 135 Å². The maximum atomic E-state index is 13.2. The first-order valence-electron chi connectivity index (χ1n) is 12.1. The number of carboxylic acids is 1. The van der Waals surface area contributed by atoms with E-state index in [2.05, 4.69) is 24.9 Å². The van der Waals surface area contributed by atoms with Crippen LogP contribution in [0.3, 0.4) is 0 Å². The number of nitrogens with zero attached hydrogens (tertiary/aromatic N) is 1. The quantitative estimate of drug-likeness (QED) is 0.204. The van der Waals surface area contributed by atoms with Crippen LogP contribution >= 0.6 is 12.6 Å². The van der Waals surface area contributed by atoms with E-state index in [1.54, 1.807) is 4.90 Å². The van der Waals surface area contributed by atoms with Gasteiger partial charge in [-0.05, 0) is 53.0 Å². The van der Waals surface area contributed by atoms with Crippen LogP contribution in [0.2, 0.25) is 0 Å². The van der Waals surface area contributed by atoms with E-state index in [9.17, 15) is 24.6 Å². The molecule has 0 aliphatic carbocycles. The maximum absolute atomic E-state index is 13.2. The van der Waals surface area contributed by atoms with Crippen LogP contribution in [-0.2, 0) is 23.8 Å². The molecule has 1 aliphatic heterocycles. The number of hydrogen-bond acceptors (Lipinski definition) is 8. The van der Waals surface area contributed by atoms with E-state index < -0.39 is 40.8 Å². The first kappa shape index (κ1) is 31.1. The summed E-state index contributed by atoms with van der Waals surface area (Å²) in [5.41, 5.74) is -0.623. The summed E-state index contributed by atoms with van der Waals surface area (Å²) in [6, 6.07) is -0.622. The molecule has 3 N–H and O–H groups in total. The standard InChI is InChI=1S/C24H42N2O8S/c1-7-12-24(6,35)32-15-13-23(4,5)26(8-2)22(31)34-18(11-14-27)20-17(25-16(3)28)9-10-19(33-20)21(29)30/h10,17-18,20,27,35H,7-9,11-15H2,1-6H3,(H,25,28)(H,29,30)/t17-,18-,20-,24?/m1/s1. The van der Waals surface area contributed by atoms with Crippen molar-refractivity contribution in [3.63, 3.8) is 0 Å². The minimum absolute atomic E-state index is 0.00943. The van der Waals surface area contributed by atoms with E-state index in [4.69, 9.17) is 14.2 Å². The van der Waals surface area contributed by atoms with Gasteiger partial charge in [0, 0.05) is 32.0 Å². The first-order chi connectivity index (χ1) is 16.3. The van der Waals surface area contributed by atoms with E-state index >= 15 is 0 Å². The largest absolute Gasteiger partial charge is 0.477 e. The summed E-state index contributed by atoms with van der Waals surface area (Å²) in [6.07, 6.45) is 1.23. The molecule has 0 spiro atoms. The minimum Gasteiger partial charge on any atom is -0.477 e. The molecule has 0 radical (unpaired) electrons. The van der Waals surface area contributed by atoms with Crippen molar-refractivity contribution in [3.8, 4) is 0 Å². The van der Waals surface area contributed by atoms with Gasteiger partial charge in [0.1, 0.15) is 11.0 Å². The highest BCUT2D eigenvalue weighted by Gasteiger charge is 2.40. The van der Waals surface area contributed by atoms with Gasteiger partial charge in [0.25, 0.3) is 0 Å². The van der Waals surface area contributed by atoms with Crippen molar-refractivity contribution in [1.29, 1.82) is 0 Å². The number of aliphatic hydroxyl groups is 1. The van der Waals surface area contributed by atoms with Crippen molar-refractivity contribution in [1.82, 2.24) is 10.2 Å². The summed E-state index contributed by atoms with van der Waals surface area (Å²) in [5.74, 6) is -1.89. The molecule has 202 valence electrons. The summed E-state index contributed by atoms with van der Waals surface area (Å²) in [7, 11) is 0. The van der Waals surface area contributed by atoms with E-state index in [1.165, 1.54) is 13.0 Å². The number of nitrogens with one attached hydrogen (secondary N) is 1.